The van der Waals surface area contributed by atoms with E-state index in [-0.39, 0.29) is 11.9 Å². The van der Waals surface area contributed by atoms with Crippen LogP contribution < -0.4 is 0 Å². The summed E-state index contributed by atoms with van der Waals surface area (Å²) in [6, 6.07) is 17.1. The Morgan fingerprint density at radius 2 is 1.93 bits per heavy atom. The first-order valence-corrected chi connectivity index (χ1v) is 10.8. The minimum atomic E-state index is -0.0306. The quantitative estimate of drug-likeness (QED) is 0.623. The molecule has 5 heteroatoms. The molecule has 1 aliphatic rings. The minimum absolute atomic E-state index is 0.0306. The lowest BCUT2D eigenvalue weighted by Gasteiger charge is -2.34. The minimum Gasteiger partial charge on any atom is -0.335 e. The van der Waals surface area contributed by atoms with Gasteiger partial charge in [0.2, 0.25) is 5.91 Å². The normalized spacial score (nSPS) is 17.5. The van der Waals surface area contributed by atoms with E-state index >= 15 is 0 Å². The van der Waals surface area contributed by atoms with Gasteiger partial charge in [0, 0.05) is 13.1 Å². The van der Waals surface area contributed by atoms with Crippen molar-refractivity contribution in [2.24, 2.45) is 0 Å². The number of hydrogen-bond acceptors (Lipinski definition) is 4. The van der Waals surface area contributed by atoms with E-state index in [9.17, 15) is 4.79 Å². The number of aryl methyl sites for hydroxylation is 1. The highest BCUT2D eigenvalue weighted by Gasteiger charge is 2.27. The highest BCUT2D eigenvalue weighted by Crippen LogP contribution is 2.34. The first-order chi connectivity index (χ1) is 13.5. The monoisotopic (exact) mass is 393 g/mol. The van der Waals surface area contributed by atoms with Gasteiger partial charge in [-0.1, -0.05) is 36.4 Å². The van der Waals surface area contributed by atoms with Crippen LogP contribution in [0, 0.1) is 0 Å². The number of benzene rings is 2. The Morgan fingerprint density at radius 1 is 1.18 bits per heavy atom. The van der Waals surface area contributed by atoms with E-state index in [2.05, 4.69) is 49.2 Å². The van der Waals surface area contributed by atoms with Gasteiger partial charge in [-0.3, -0.25) is 9.69 Å². The van der Waals surface area contributed by atoms with Gasteiger partial charge in [0.1, 0.15) is 5.01 Å². The van der Waals surface area contributed by atoms with Crippen LogP contribution in [0.25, 0.3) is 10.2 Å². The number of hydrogen-bond donors (Lipinski definition) is 0. The summed E-state index contributed by atoms with van der Waals surface area (Å²) in [5.41, 5.74) is 3.81. The zero-order valence-electron chi connectivity index (χ0n) is 16.8. The summed E-state index contributed by atoms with van der Waals surface area (Å²) < 4.78 is 1.17. The van der Waals surface area contributed by atoms with Crippen LogP contribution in [0.3, 0.4) is 0 Å². The van der Waals surface area contributed by atoms with Crippen molar-refractivity contribution in [2.75, 3.05) is 20.6 Å². The molecule has 0 radical (unpaired) electrons. The van der Waals surface area contributed by atoms with Crippen LogP contribution in [0.4, 0.5) is 0 Å². The SMILES string of the molecule is C[C@H](c1nc2ccccc2s1)N(C)C(=O)CN(C)[C@@H]1CCCc2ccccc21. The Kier molecular flexibility index (Phi) is 5.47. The van der Waals surface area contributed by atoms with Crippen molar-refractivity contribution < 1.29 is 4.79 Å². The number of aromatic nitrogens is 1. The molecule has 1 heterocycles. The maximum absolute atomic E-state index is 13.0. The average Bonchev–Trinajstić information content (AvgIpc) is 3.16. The van der Waals surface area contributed by atoms with E-state index in [1.807, 2.05) is 30.1 Å². The fraction of sp³-hybridized carbons (Fsp3) is 0.391. The van der Waals surface area contributed by atoms with Crippen molar-refractivity contribution in [3.63, 3.8) is 0 Å². The van der Waals surface area contributed by atoms with Gasteiger partial charge in [-0.15, -0.1) is 11.3 Å². The summed E-state index contributed by atoms with van der Waals surface area (Å²) in [6.45, 7) is 2.48. The van der Waals surface area contributed by atoms with Gasteiger partial charge in [0.25, 0.3) is 0 Å². The third-order valence-corrected chi connectivity index (χ3v) is 7.10. The number of thiazole rings is 1. The molecule has 2 aromatic carbocycles. The lowest BCUT2D eigenvalue weighted by molar-refractivity contribution is -0.133. The Bertz CT molecular complexity index is 950. The van der Waals surface area contributed by atoms with Gasteiger partial charge >= 0.3 is 0 Å². The Balaban J connectivity index is 1.45. The second-order valence-electron chi connectivity index (χ2n) is 7.72. The molecule has 0 bridgehead atoms. The number of amides is 1. The van der Waals surface area contributed by atoms with E-state index in [0.717, 1.165) is 23.4 Å². The highest BCUT2D eigenvalue weighted by molar-refractivity contribution is 7.18. The third kappa shape index (κ3) is 3.69. The van der Waals surface area contributed by atoms with Gasteiger partial charge in [-0.2, -0.15) is 0 Å². The smallest absolute Gasteiger partial charge is 0.237 e. The van der Waals surface area contributed by atoms with Gasteiger partial charge in [-0.25, -0.2) is 4.98 Å². The van der Waals surface area contributed by atoms with Gasteiger partial charge < -0.3 is 4.90 Å². The molecule has 4 nitrogen and oxygen atoms in total. The number of likely N-dealkylation sites (N-methyl/N-ethyl adjacent to an activating group) is 2. The van der Waals surface area contributed by atoms with Crippen molar-refractivity contribution in [2.45, 2.75) is 38.3 Å². The average molecular weight is 394 g/mol. The zero-order valence-corrected chi connectivity index (χ0v) is 17.6. The van der Waals surface area contributed by atoms with E-state index < -0.39 is 0 Å². The van der Waals surface area contributed by atoms with E-state index in [1.165, 1.54) is 22.2 Å². The summed E-state index contributed by atoms with van der Waals surface area (Å²) in [5.74, 6) is 0.136. The van der Waals surface area contributed by atoms with Crippen LogP contribution in [0.15, 0.2) is 48.5 Å². The Labute approximate surface area is 170 Å². The predicted octanol–water partition coefficient (Wildman–Crippen LogP) is 4.83. The number of para-hydroxylation sites is 1. The molecule has 28 heavy (non-hydrogen) atoms. The molecule has 1 aliphatic carbocycles. The summed E-state index contributed by atoms with van der Waals surface area (Å²) in [5, 5.41) is 0.989. The molecular weight excluding hydrogens is 366 g/mol. The maximum Gasteiger partial charge on any atom is 0.237 e. The van der Waals surface area contributed by atoms with Crippen LogP contribution in [0.2, 0.25) is 0 Å². The number of carbonyl (C=O) groups is 1. The largest absolute Gasteiger partial charge is 0.335 e. The van der Waals surface area contributed by atoms with E-state index in [4.69, 9.17) is 4.98 Å². The molecule has 0 saturated heterocycles. The van der Waals surface area contributed by atoms with Crippen LogP contribution in [-0.4, -0.2) is 41.3 Å². The first-order valence-electron chi connectivity index (χ1n) is 9.94. The summed E-state index contributed by atoms with van der Waals surface area (Å²) in [6.07, 6.45) is 3.43. The van der Waals surface area contributed by atoms with Crippen LogP contribution in [-0.2, 0) is 11.2 Å². The zero-order chi connectivity index (χ0) is 19.7. The van der Waals surface area contributed by atoms with Crippen LogP contribution >= 0.6 is 11.3 Å². The highest BCUT2D eigenvalue weighted by atomic mass is 32.1. The molecule has 3 aromatic rings. The molecular formula is C23H27N3OS. The standard InChI is InChI=1S/C23H27N3OS/c1-16(23-24-19-12-6-7-14-21(19)28-23)26(3)22(27)15-25(2)20-13-8-10-17-9-4-5-11-18(17)20/h4-7,9,11-12,14,16,20H,8,10,13,15H2,1-3H3/t16-,20-/m1/s1. The molecule has 1 amide bonds. The fourth-order valence-corrected chi connectivity index (χ4v) is 5.13. The lowest BCUT2D eigenvalue weighted by atomic mass is 9.87. The Hall–Kier alpha value is -2.24. The molecule has 0 fully saturated rings. The molecule has 0 N–H and O–H groups in total. The number of fused-ring (bicyclic) bond motifs is 2. The number of nitrogens with zero attached hydrogens (tertiary/aromatic N) is 3. The first kappa shape index (κ1) is 19.1. The molecule has 0 unspecified atom stereocenters. The van der Waals surface area contributed by atoms with Gasteiger partial charge in [-0.05, 0) is 56.5 Å². The number of rotatable bonds is 5. The fourth-order valence-electron chi connectivity index (χ4n) is 4.07. The Morgan fingerprint density at radius 3 is 2.75 bits per heavy atom. The predicted molar refractivity (Wildman–Crippen MR) is 116 cm³/mol. The second kappa shape index (κ2) is 8.02. The number of carbonyl (C=O) groups excluding carboxylic acids is 1. The lowest BCUT2D eigenvalue weighted by Crippen LogP contribution is -2.40. The van der Waals surface area contributed by atoms with Crippen LogP contribution in [0.1, 0.15) is 48.0 Å². The van der Waals surface area contributed by atoms with Crippen LogP contribution in [0.5, 0.6) is 0 Å². The molecule has 146 valence electrons. The molecule has 4 rings (SSSR count). The molecule has 0 saturated carbocycles. The van der Waals surface area contributed by atoms with Crippen molar-refractivity contribution in [1.29, 1.82) is 0 Å². The second-order valence-corrected chi connectivity index (χ2v) is 8.78. The molecule has 1 aromatic heterocycles. The van der Waals surface area contributed by atoms with Crippen molar-refractivity contribution in [1.82, 2.24) is 14.8 Å². The summed E-state index contributed by atoms with van der Waals surface area (Å²) in [7, 11) is 3.96. The third-order valence-electron chi connectivity index (χ3n) is 5.90. The maximum atomic E-state index is 13.0. The van der Waals surface area contributed by atoms with Crippen molar-refractivity contribution in [3.8, 4) is 0 Å². The van der Waals surface area contributed by atoms with E-state index in [0.29, 0.717) is 12.6 Å². The van der Waals surface area contributed by atoms with Gasteiger partial charge in [0.15, 0.2) is 0 Å². The van der Waals surface area contributed by atoms with E-state index in [1.54, 1.807) is 11.3 Å². The molecule has 0 aliphatic heterocycles. The van der Waals surface area contributed by atoms with Crippen molar-refractivity contribution in [3.05, 3.63) is 64.7 Å². The topological polar surface area (TPSA) is 36.4 Å². The van der Waals surface area contributed by atoms with Gasteiger partial charge in [0.05, 0.1) is 22.8 Å². The molecule has 2 atom stereocenters. The molecule has 0 spiro atoms. The summed E-state index contributed by atoms with van der Waals surface area (Å²) >= 11 is 1.67. The van der Waals surface area contributed by atoms with Crippen molar-refractivity contribution >= 4 is 27.5 Å². The summed E-state index contributed by atoms with van der Waals surface area (Å²) in [4.78, 5) is 21.8.